The fraction of sp³-hybridized carbons (Fsp3) is 0.344. The first kappa shape index (κ1) is 62.9. The number of benzene rings is 6. The number of piperazine rings is 2. The van der Waals surface area contributed by atoms with E-state index in [4.69, 9.17) is 79.4 Å². The zero-order chi connectivity index (χ0) is 59.0. The summed E-state index contributed by atoms with van der Waals surface area (Å²) in [5.41, 5.74) is 17.8. The number of aromatic nitrogens is 4. The van der Waals surface area contributed by atoms with Gasteiger partial charge in [0.25, 0.3) is 0 Å². The Labute approximate surface area is 512 Å². The third-order valence-corrected chi connectivity index (χ3v) is 15.8. The van der Waals surface area contributed by atoms with E-state index >= 15 is 0 Å². The zero-order valence-electron chi connectivity index (χ0n) is 47.3. The second-order valence-electron chi connectivity index (χ2n) is 21.7. The smallest absolute Gasteiger partial charge is 0.239 e. The topological polar surface area (TPSA) is 184 Å². The molecule has 6 aromatic carbocycles. The van der Waals surface area contributed by atoms with Crippen molar-refractivity contribution in [3.05, 3.63) is 200 Å². The van der Waals surface area contributed by atoms with Gasteiger partial charge in [-0.2, -0.15) is 0 Å². The van der Waals surface area contributed by atoms with Crippen molar-refractivity contribution >= 4 is 103 Å². The van der Waals surface area contributed by atoms with E-state index in [1.165, 1.54) is 22.3 Å². The second-order valence-corrected chi connectivity index (χ2v) is 23.7. The van der Waals surface area contributed by atoms with Crippen LogP contribution in [0.15, 0.2) is 146 Å². The Morgan fingerprint density at radius 2 is 0.843 bits per heavy atom. The molecule has 7 N–H and O–H groups in total. The van der Waals surface area contributed by atoms with Crippen molar-refractivity contribution in [2.75, 3.05) is 63.0 Å². The number of nitrogens with zero attached hydrogens (tertiary/aromatic N) is 7. The molecule has 8 aromatic rings. The lowest BCUT2D eigenvalue weighted by Crippen LogP contribution is -2.47. The SMILES string of the molecule is CC(C)C[C@H](Nc1nc(CCl)nc2ccccc12)C(N)=O.CC(C)C[C@H](Nc1nc(CN2CCN(C(c3ccc(Cl)cc3)c3ccc(Cl)cc3)CC2)nc2ccccc12)C(N)=O.Clc1ccc(C(c2ccc(Cl)cc2)N2CCNCC2)cc1. The van der Waals surface area contributed by atoms with Crippen LogP contribution in [0.4, 0.5) is 11.6 Å². The minimum atomic E-state index is -0.498. The molecule has 2 aliphatic heterocycles. The molecule has 2 saturated heterocycles. The normalized spacial score (nSPS) is 15.0. The van der Waals surface area contributed by atoms with Crippen LogP contribution in [0, 0.1) is 11.8 Å². The van der Waals surface area contributed by atoms with Gasteiger partial charge < -0.3 is 27.4 Å². The van der Waals surface area contributed by atoms with Crippen LogP contribution in [0.5, 0.6) is 0 Å². The molecule has 0 aliphatic carbocycles. The fourth-order valence-electron chi connectivity index (χ4n) is 10.5. The van der Waals surface area contributed by atoms with Crippen molar-refractivity contribution < 1.29 is 9.59 Å². The van der Waals surface area contributed by atoms with Crippen molar-refractivity contribution in [3.8, 4) is 0 Å². The molecule has 2 fully saturated rings. The van der Waals surface area contributed by atoms with E-state index in [9.17, 15) is 9.59 Å². The third kappa shape index (κ3) is 17.9. The number of alkyl halides is 1. The molecule has 0 spiro atoms. The van der Waals surface area contributed by atoms with Gasteiger partial charge in [0.05, 0.1) is 35.5 Å². The van der Waals surface area contributed by atoms with Crippen LogP contribution in [0.2, 0.25) is 20.1 Å². The summed E-state index contributed by atoms with van der Waals surface area (Å²) >= 11 is 30.3. The molecule has 10 rings (SSSR count). The van der Waals surface area contributed by atoms with Gasteiger partial charge in [-0.05, 0) is 120 Å². The molecule has 2 aromatic heterocycles. The number of carbonyl (C=O) groups excluding carboxylic acids is 2. The Kier molecular flexibility index (Phi) is 23.2. The highest BCUT2D eigenvalue weighted by molar-refractivity contribution is 6.31. The van der Waals surface area contributed by atoms with Crippen molar-refractivity contribution in [2.24, 2.45) is 23.3 Å². The van der Waals surface area contributed by atoms with E-state index in [2.05, 4.69) is 103 Å². The van der Waals surface area contributed by atoms with Gasteiger partial charge in [-0.15, -0.1) is 11.6 Å². The summed E-state index contributed by atoms with van der Waals surface area (Å²) in [6, 6.07) is 47.4. The summed E-state index contributed by atoms with van der Waals surface area (Å²) in [7, 11) is 0. The zero-order valence-corrected chi connectivity index (χ0v) is 51.1. The summed E-state index contributed by atoms with van der Waals surface area (Å²) in [5, 5.41) is 14.6. The number of para-hydroxylation sites is 2. The average molecular weight is 1220 g/mol. The average Bonchev–Trinajstić information content (AvgIpc) is 3.67. The Bertz CT molecular complexity index is 3270. The number of halogens is 5. The molecule has 2 amide bonds. The Morgan fingerprint density at radius 1 is 0.494 bits per heavy atom. The first-order valence-electron chi connectivity index (χ1n) is 28.1. The summed E-state index contributed by atoms with van der Waals surface area (Å²) < 4.78 is 0. The number of hydrogen-bond acceptors (Lipinski definition) is 12. The lowest BCUT2D eigenvalue weighted by atomic mass is 9.96. The van der Waals surface area contributed by atoms with Crippen LogP contribution >= 0.6 is 58.0 Å². The van der Waals surface area contributed by atoms with Crippen molar-refractivity contribution in [2.45, 2.75) is 77.1 Å². The van der Waals surface area contributed by atoms with Gasteiger partial charge in [0, 0.05) is 83.2 Å². The molecule has 0 saturated carbocycles. The van der Waals surface area contributed by atoms with E-state index in [0.717, 1.165) is 100 Å². The van der Waals surface area contributed by atoms with Gasteiger partial charge in [-0.3, -0.25) is 24.3 Å². The molecule has 83 heavy (non-hydrogen) atoms. The van der Waals surface area contributed by atoms with Crippen LogP contribution in [0.25, 0.3) is 21.8 Å². The number of rotatable bonds is 19. The number of hydrogen-bond donors (Lipinski definition) is 5. The predicted molar refractivity (Wildman–Crippen MR) is 342 cm³/mol. The minimum Gasteiger partial charge on any atom is -0.368 e. The van der Waals surface area contributed by atoms with Gasteiger partial charge in [-0.1, -0.05) is 147 Å². The number of amides is 2. The lowest BCUT2D eigenvalue weighted by molar-refractivity contribution is -0.119. The molecule has 0 unspecified atom stereocenters. The van der Waals surface area contributed by atoms with Crippen LogP contribution in [-0.2, 0) is 22.0 Å². The standard InChI is InChI=1S/C32H36Cl2N6O.C17H18Cl2N2.C15H19ClN4O/c1-21(2)19-28(31(35)41)37-32-26-5-3-4-6-27(26)36-29(38-32)20-39-15-17-40(18-16-39)30(22-7-11-24(33)12-8-22)23-9-13-25(34)14-10-23;18-15-5-1-13(2-6-15)17(21-11-9-20-10-12-21)14-3-7-16(19)8-4-14;1-9(2)7-12(14(17)21)19-15-10-5-3-4-6-11(10)18-13(8-16)20-15/h3-14,21,28,30H,15-20H2,1-2H3,(H2,35,41)(H,36,37,38);1-8,17,20H,9-12H2;3-6,9,12H,7-8H2,1-2H3,(H2,17,21)(H,18,19,20)/t28-;;12-/m0.0/s1. The monoisotopic (exact) mass is 1220 g/mol. The number of nitrogens with two attached hydrogens (primary N) is 2. The highest BCUT2D eigenvalue weighted by atomic mass is 35.5. The van der Waals surface area contributed by atoms with E-state index in [-0.39, 0.29) is 29.8 Å². The van der Waals surface area contributed by atoms with Crippen molar-refractivity contribution in [3.63, 3.8) is 0 Å². The summed E-state index contributed by atoms with van der Waals surface area (Å²) in [4.78, 5) is 49.7. The quantitative estimate of drug-likeness (QED) is 0.0484. The van der Waals surface area contributed by atoms with E-state index in [0.29, 0.717) is 48.7 Å². The predicted octanol–water partition coefficient (Wildman–Crippen LogP) is 12.8. The van der Waals surface area contributed by atoms with E-state index in [1.54, 1.807) is 0 Å². The van der Waals surface area contributed by atoms with Gasteiger partial charge in [0.2, 0.25) is 11.8 Å². The van der Waals surface area contributed by atoms with Gasteiger partial charge >= 0.3 is 0 Å². The summed E-state index contributed by atoms with van der Waals surface area (Å²) in [6.07, 6.45) is 1.28. The molecular weight excluding hydrogens is 1150 g/mol. The van der Waals surface area contributed by atoms with Gasteiger partial charge in [-0.25, -0.2) is 19.9 Å². The maximum absolute atomic E-state index is 12.2. The third-order valence-electron chi connectivity index (χ3n) is 14.5. The lowest BCUT2D eigenvalue weighted by Gasteiger charge is -2.39. The maximum Gasteiger partial charge on any atom is 0.239 e. The molecule has 2 aliphatic rings. The first-order chi connectivity index (χ1) is 40.0. The Morgan fingerprint density at radius 3 is 1.20 bits per heavy atom. The molecule has 0 bridgehead atoms. The molecule has 2 atom stereocenters. The number of nitrogens with one attached hydrogen (secondary N) is 3. The molecule has 4 heterocycles. The Balaban J connectivity index is 0.000000180. The number of anilines is 2. The van der Waals surface area contributed by atoms with E-state index < -0.39 is 12.1 Å². The first-order valence-corrected chi connectivity index (χ1v) is 30.2. The number of fused-ring (bicyclic) bond motifs is 2. The Hall–Kier alpha value is -6.17. The van der Waals surface area contributed by atoms with Crippen LogP contribution in [0.1, 0.15) is 86.5 Å². The largest absolute Gasteiger partial charge is 0.368 e. The second kappa shape index (κ2) is 30.6. The minimum absolute atomic E-state index is 0.103. The van der Waals surface area contributed by atoms with Crippen molar-refractivity contribution in [1.29, 1.82) is 0 Å². The molecule has 436 valence electrons. The van der Waals surface area contributed by atoms with Crippen LogP contribution < -0.4 is 27.4 Å². The number of carbonyl (C=O) groups is 2. The van der Waals surface area contributed by atoms with E-state index in [1.807, 2.05) is 111 Å². The van der Waals surface area contributed by atoms with Crippen molar-refractivity contribution in [1.82, 2.24) is 40.0 Å². The molecule has 19 heteroatoms. The number of primary amides is 2. The van der Waals surface area contributed by atoms with Crippen LogP contribution in [-0.4, -0.2) is 111 Å². The van der Waals surface area contributed by atoms with Gasteiger partial charge in [0.15, 0.2) is 0 Å². The maximum atomic E-state index is 12.2. The molecule has 0 radical (unpaired) electrons. The summed E-state index contributed by atoms with van der Waals surface area (Å²) in [6.45, 7) is 16.5. The van der Waals surface area contributed by atoms with Crippen LogP contribution in [0.3, 0.4) is 0 Å². The molecule has 14 nitrogen and oxygen atoms in total. The highest BCUT2D eigenvalue weighted by Gasteiger charge is 2.29. The van der Waals surface area contributed by atoms with Gasteiger partial charge in [0.1, 0.15) is 35.4 Å². The molecular formula is C64H73Cl5N12O2. The summed E-state index contributed by atoms with van der Waals surface area (Å²) in [5.74, 6) is 2.59. The fourth-order valence-corrected chi connectivity index (χ4v) is 11.1. The highest BCUT2D eigenvalue weighted by Crippen LogP contribution is 2.34.